The molecule has 1 heterocycles. The highest BCUT2D eigenvalue weighted by molar-refractivity contribution is 7.92. The Hall–Kier alpha value is -2.87. The van der Waals surface area contributed by atoms with Crippen LogP contribution in [0.4, 0.5) is 10.1 Å². The summed E-state index contributed by atoms with van der Waals surface area (Å²) in [7, 11) is -2.38. The molecule has 31 heavy (non-hydrogen) atoms. The number of sulfonamides is 1. The van der Waals surface area contributed by atoms with Crippen LogP contribution in [0.25, 0.3) is 0 Å². The lowest BCUT2D eigenvalue weighted by Crippen LogP contribution is -2.16. The van der Waals surface area contributed by atoms with Crippen molar-refractivity contribution >= 4 is 15.7 Å². The zero-order chi connectivity index (χ0) is 22.2. The highest BCUT2D eigenvalue weighted by atomic mass is 32.2. The number of para-hydroxylation sites is 1. The molecule has 164 valence electrons. The van der Waals surface area contributed by atoms with E-state index in [0.717, 1.165) is 36.8 Å². The normalized spacial score (nSPS) is 14.7. The van der Waals surface area contributed by atoms with Gasteiger partial charge >= 0.3 is 0 Å². The van der Waals surface area contributed by atoms with Crippen molar-refractivity contribution in [3.05, 3.63) is 65.2 Å². The molecule has 0 radical (unpaired) electrons. The van der Waals surface area contributed by atoms with E-state index in [-0.39, 0.29) is 22.3 Å². The van der Waals surface area contributed by atoms with Crippen LogP contribution in [0.2, 0.25) is 0 Å². The molecule has 0 bridgehead atoms. The van der Waals surface area contributed by atoms with Crippen LogP contribution < -0.4 is 9.46 Å². The van der Waals surface area contributed by atoms with Gasteiger partial charge < -0.3 is 4.74 Å². The van der Waals surface area contributed by atoms with Gasteiger partial charge in [-0.05, 0) is 62.1 Å². The van der Waals surface area contributed by atoms with Gasteiger partial charge in [0.05, 0.1) is 5.69 Å². The van der Waals surface area contributed by atoms with Crippen LogP contribution >= 0.6 is 0 Å². The van der Waals surface area contributed by atoms with E-state index < -0.39 is 15.8 Å². The minimum Gasteiger partial charge on any atom is -0.455 e. The molecule has 6 nitrogen and oxygen atoms in total. The number of nitrogens with zero attached hydrogens (tertiary/aromatic N) is 2. The third kappa shape index (κ3) is 4.58. The summed E-state index contributed by atoms with van der Waals surface area (Å²) in [6.45, 7) is 3.87. The molecule has 0 atom stereocenters. The van der Waals surface area contributed by atoms with Gasteiger partial charge in [0.25, 0.3) is 10.0 Å². The molecule has 0 amide bonds. The largest absolute Gasteiger partial charge is 0.455 e. The van der Waals surface area contributed by atoms with Crippen LogP contribution in [-0.4, -0.2) is 18.2 Å². The van der Waals surface area contributed by atoms with E-state index >= 15 is 0 Å². The molecular formula is C23H26FN3O3S. The van der Waals surface area contributed by atoms with Gasteiger partial charge in [-0.15, -0.1) is 0 Å². The molecular weight excluding hydrogens is 417 g/mol. The summed E-state index contributed by atoms with van der Waals surface area (Å²) in [6, 6.07) is 9.85. The minimum absolute atomic E-state index is 0.0857. The maximum atomic E-state index is 14.7. The number of nitrogens with one attached hydrogen (secondary N) is 1. The van der Waals surface area contributed by atoms with Gasteiger partial charge in [-0.2, -0.15) is 5.10 Å². The molecule has 0 aliphatic heterocycles. The molecule has 3 aromatic rings. The molecule has 1 aliphatic rings. The van der Waals surface area contributed by atoms with Crippen LogP contribution in [0.15, 0.2) is 47.5 Å². The number of aryl methyl sites for hydroxylation is 3. The molecule has 1 aromatic heterocycles. The van der Waals surface area contributed by atoms with Gasteiger partial charge in [0.2, 0.25) is 0 Å². The summed E-state index contributed by atoms with van der Waals surface area (Å²) in [5.74, 6) is -0.00686. The predicted molar refractivity (Wildman–Crippen MR) is 118 cm³/mol. The molecule has 4 rings (SSSR count). The van der Waals surface area contributed by atoms with Crippen molar-refractivity contribution in [2.24, 2.45) is 7.05 Å². The number of hydrogen-bond acceptors (Lipinski definition) is 4. The fourth-order valence-electron chi connectivity index (χ4n) is 4.17. The predicted octanol–water partition coefficient (Wildman–Crippen LogP) is 5.43. The number of hydrogen-bond donors (Lipinski definition) is 1. The van der Waals surface area contributed by atoms with E-state index in [9.17, 15) is 12.8 Å². The van der Waals surface area contributed by atoms with Crippen LogP contribution in [0.5, 0.6) is 11.5 Å². The average Bonchev–Trinajstić information content (AvgIpc) is 3.33. The maximum absolute atomic E-state index is 14.7. The van der Waals surface area contributed by atoms with Gasteiger partial charge in [0.15, 0.2) is 11.6 Å². The molecule has 1 fully saturated rings. The lowest BCUT2D eigenvalue weighted by Gasteiger charge is -2.15. The summed E-state index contributed by atoms with van der Waals surface area (Å²) in [4.78, 5) is 0.0857. The maximum Gasteiger partial charge on any atom is 0.265 e. The molecule has 0 saturated heterocycles. The standard InChI is InChI=1S/C23H26FN3O3S/c1-15-11-16(2)13-18(12-15)30-20-10-6-9-19(24)23(20)26-31(28,29)21-14-27(3)25-22(21)17-7-4-5-8-17/h6,9-14,17,26H,4-5,7-8H2,1-3H3. The Bertz CT molecular complexity index is 1190. The van der Waals surface area contributed by atoms with Crippen molar-refractivity contribution in [2.45, 2.75) is 50.3 Å². The molecule has 1 aliphatic carbocycles. The Morgan fingerprint density at radius 3 is 2.48 bits per heavy atom. The number of anilines is 1. The van der Waals surface area contributed by atoms with E-state index in [2.05, 4.69) is 9.82 Å². The summed E-state index contributed by atoms with van der Waals surface area (Å²) in [6.07, 6.45) is 5.38. The molecule has 1 saturated carbocycles. The SMILES string of the molecule is Cc1cc(C)cc(Oc2cccc(F)c2NS(=O)(=O)c2cn(C)nc2C2CCCC2)c1. The smallest absolute Gasteiger partial charge is 0.265 e. The fraction of sp³-hybridized carbons (Fsp3) is 0.348. The van der Waals surface area contributed by atoms with Crippen LogP contribution in [0, 0.1) is 19.7 Å². The van der Waals surface area contributed by atoms with Gasteiger partial charge in [-0.1, -0.05) is 25.0 Å². The first-order valence-electron chi connectivity index (χ1n) is 10.3. The molecule has 2 aromatic carbocycles. The lowest BCUT2D eigenvalue weighted by molar-refractivity contribution is 0.479. The first-order chi connectivity index (χ1) is 14.7. The van der Waals surface area contributed by atoms with Crippen molar-refractivity contribution in [1.29, 1.82) is 0 Å². The second-order valence-electron chi connectivity index (χ2n) is 8.18. The number of aromatic nitrogens is 2. The summed E-state index contributed by atoms with van der Waals surface area (Å²) in [5, 5.41) is 4.41. The quantitative estimate of drug-likeness (QED) is 0.552. The second kappa shape index (κ2) is 8.34. The number of ether oxygens (including phenoxy) is 1. The number of halogens is 1. The summed E-state index contributed by atoms with van der Waals surface area (Å²) in [5.41, 5.74) is 2.30. The first-order valence-corrected chi connectivity index (χ1v) is 11.8. The fourth-order valence-corrected chi connectivity index (χ4v) is 5.52. The van der Waals surface area contributed by atoms with Crippen molar-refractivity contribution < 1.29 is 17.5 Å². The number of rotatable bonds is 6. The van der Waals surface area contributed by atoms with E-state index in [4.69, 9.17) is 4.74 Å². The molecule has 0 unspecified atom stereocenters. The third-order valence-electron chi connectivity index (χ3n) is 5.49. The Kier molecular flexibility index (Phi) is 5.75. The van der Waals surface area contributed by atoms with Crippen molar-refractivity contribution in [2.75, 3.05) is 4.72 Å². The van der Waals surface area contributed by atoms with Crippen molar-refractivity contribution in [1.82, 2.24) is 9.78 Å². The average molecular weight is 444 g/mol. The lowest BCUT2D eigenvalue weighted by atomic mass is 10.1. The summed E-state index contributed by atoms with van der Waals surface area (Å²) >= 11 is 0. The Labute approximate surface area is 182 Å². The van der Waals surface area contributed by atoms with E-state index in [0.29, 0.717) is 11.4 Å². The van der Waals surface area contributed by atoms with Gasteiger partial charge in [0, 0.05) is 19.2 Å². The van der Waals surface area contributed by atoms with Crippen LogP contribution in [0.1, 0.15) is 48.4 Å². The zero-order valence-corrected chi connectivity index (χ0v) is 18.7. The van der Waals surface area contributed by atoms with Gasteiger partial charge in [0.1, 0.15) is 16.3 Å². The molecule has 1 N–H and O–H groups in total. The van der Waals surface area contributed by atoms with E-state index in [1.165, 1.54) is 23.0 Å². The highest BCUT2D eigenvalue weighted by Crippen LogP contribution is 2.38. The van der Waals surface area contributed by atoms with Crippen LogP contribution in [0.3, 0.4) is 0 Å². The highest BCUT2D eigenvalue weighted by Gasteiger charge is 2.30. The first kappa shape index (κ1) is 21.4. The third-order valence-corrected chi connectivity index (χ3v) is 6.85. The zero-order valence-electron chi connectivity index (χ0n) is 17.9. The van der Waals surface area contributed by atoms with Crippen molar-refractivity contribution in [3.8, 4) is 11.5 Å². The Balaban J connectivity index is 1.69. The number of benzene rings is 2. The summed E-state index contributed by atoms with van der Waals surface area (Å²) < 4.78 is 51.1. The van der Waals surface area contributed by atoms with E-state index in [1.807, 2.05) is 32.0 Å². The van der Waals surface area contributed by atoms with Gasteiger partial charge in [-0.25, -0.2) is 12.8 Å². The van der Waals surface area contributed by atoms with Crippen molar-refractivity contribution in [3.63, 3.8) is 0 Å². The van der Waals surface area contributed by atoms with E-state index in [1.54, 1.807) is 13.1 Å². The molecule has 0 spiro atoms. The monoisotopic (exact) mass is 443 g/mol. The topological polar surface area (TPSA) is 73.2 Å². The Morgan fingerprint density at radius 1 is 1.13 bits per heavy atom. The minimum atomic E-state index is -4.07. The van der Waals surface area contributed by atoms with Crippen LogP contribution in [-0.2, 0) is 17.1 Å². The van der Waals surface area contributed by atoms with Gasteiger partial charge in [-0.3, -0.25) is 9.40 Å². The Morgan fingerprint density at radius 2 is 1.81 bits per heavy atom. The molecule has 8 heteroatoms. The second-order valence-corrected chi connectivity index (χ2v) is 9.83.